The summed E-state index contributed by atoms with van der Waals surface area (Å²) in [4.78, 5) is 9.69. The molecule has 2 aromatic rings. The van der Waals surface area contributed by atoms with Crippen molar-refractivity contribution in [3.05, 3.63) is 46.7 Å². The summed E-state index contributed by atoms with van der Waals surface area (Å²) in [5.74, 6) is 0. The van der Waals surface area contributed by atoms with E-state index in [4.69, 9.17) is 0 Å². The van der Waals surface area contributed by atoms with E-state index in [2.05, 4.69) is 57.2 Å². The first-order chi connectivity index (χ1) is 9.15. The van der Waals surface area contributed by atoms with Gasteiger partial charge in [-0.1, -0.05) is 29.8 Å². The molecule has 0 bridgehead atoms. The zero-order valence-corrected chi connectivity index (χ0v) is 13.3. The van der Waals surface area contributed by atoms with Gasteiger partial charge in [0.15, 0.2) is 5.16 Å². The highest BCUT2D eigenvalue weighted by molar-refractivity contribution is 9.10. The van der Waals surface area contributed by atoms with E-state index in [1.807, 2.05) is 12.1 Å². The van der Waals surface area contributed by atoms with Crippen LogP contribution in [-0.2, 0) is 6.54 Å². The van der Waals surface area contributed by atoms with Crippen molar-refractivity contribution in [2.45, 2.75) is 36.5 Å². The van der Waals surface area contributed by atoms with Crippen LogP contribution in [0, 0.1) is 0 Å². The second-order valence-electron chi connectivity index (χ2n) is 4.42. The molecule has 19 heavy (non-hydrogen) atoms. The van der Waals surface area contributed by atoms with E-state index in [1.165, 1.54) is 10.5 Å². The summed E-state index contributed by atoms with van der Waals surface area (Å²) in [5, 5.41) is 4.21. The molecule has 0 fully saturated rings. The molecular weight excluding hydrogens is 322 g/mol. The second-order valence-corrected chi connectivity index (χ2v) is 6.35. The molecule has 1 aromatic heterocycles. The maximum absolute atomic E-state index is 4.25. The quantitative estimate of drug-likeness (QED) is 0.840. The van der Waals surface area contributed by atoms with Crippen LogP contribution >= 0.6 is 27.7 Å². The van der Waals surface area contributed by atoms with E-state index >= 15 is 0 Å². The molecule has 0 unspecified atom stereocenters. The van der Waals surface area contributed by atoms with Crippen molar-refractivity contribution < 1.29 is 0 Å². The van der Waals surface area contributed by atoms with Crippen molar-refractivity contribution in [3.8, 4) is 0 Å². The van der Waals surface area contributed by atoms with Crippen LogP contribution in [0.1, 0.15) is 19.4 Å². The number of halogens is 1. The van der Waals surface area contributed by atoms with Crippen LogP contribution in [0.5, 0.6) is 0 Å². The van der Waals surface area contributed by atoms with Gasteiger partial charge in [-0.3, -0.25) is 0 Å². The van der Waals surface area contributed by atoms with Crippen molar-refractivity contribution in [2.75, 3.05) is 0 Å². The number of aromatic nitrogens is 2. The fraction of sp³-hybridized carbons (Fsp3) is 0.286. The summed E-state index contributed by atoms with van der Waals surface area (Å²) in [6.07, 6.45) is 3.53. The van der Waals surface area contributed by atoms with Gasteiger partial charge in [0.1, 0.15) is 0 Å². The average molecular weight is 338 g/mol. The molecule has 0 aliphatic rings. The van der Waals surface area contributed by atoms with Gasteiger partial charge < -0.3 is 5.32 Å². The molecule has 0 amide bonds. The summed E-state index contributed by atoms with van der Waals surface area (Å²) in [6, 6.07) is 8.57. The van der Waals surface area contributed by atoms with E-state index in [-0.39, 0.29) is 0 Å². The first kappa shape index (κ1) is 14.5. The minimum Gasteiger partial charge on any atom is -0.310 e. The highest BCUT2D eigenvalue weighted by atomic mass is 79.9. The molecule has 100 valence electrons. The summed E-state index contributed by atoms with van der Waals surface area (Å²) >= 11 is 5.11. The van der Waals surface area contributed by atoms with Crippen LogP contribution in [0.15, 0.2) is 51.2 Å². The molecule has 0 aliphatic heterocycles. The SMILES string of the molecule is CC(C)NCc1cc(Br)ccc1Sc1ncccn1. The molecule has 5 heteroatoms. The normalized spacial score (nSPS) is 10.9. The molecular formula is C14H16BrN3S. The lowest BCUT2D eigenvalue weighted by molar-refractivity contribution is 0.584. The van der Waals surface area contributed by atoms with Gasteiger partial charge in [-0.2, -0.15) is 0 Å². The van der Waals surface area contributed by atoms with Gasteiger partial charge in [-0.05, 0) is 41.6 Å². The third kappa shape index (κ3) is 4.60. The predicted molar refractivity (Wildman–Crippen MR) is 82.3 cm³/mol. The Morgan fingerprint density at radius 3 is 2.68 bits per heavy atom. The second kappa shape index (κ2) is 7.03. The molecule has 3 nitrogen and oxygen atoms in total. The highest BCUT2D eigenvalue weighted by Crippen LogP contribution is 2.29. The fourth-order valence-electron chi connectivity index (χ4n) is 1.54. The third-order valence-corrected chi connectivity index (χ3v) is 3.97. The number of benzene rings is 1. The lowest BCUT2D eigenvalue weighted by Gasteiger charge is -2.12. The third-order valence-electron chi connectivity index (χ3n) is 2.47. The Hall–Kier alpha value is -0.910. The van der Waals surface area contributed by atoms with Crippen molar-refractivity contribution >= 4 is 27.7 Å². The zero-order chi connectivity index (χ0) is 13.7. The van der Waals surface area contributed by atoms with Crippen LogP contribution in [0.4, 0.5) is 0 Å². The van der Waals surface area contributed by atoms with Crippen LogP contribution in [-0.4, -0.2) is 16.0 Å². The zero-order valence-electron chi connectivity index (χ0n) is 10.9. The highest BCUT2D eigenvalue weighted by Gasteiger charge is 2.07. The van der Waals surface area contributed by atoms with Crippen molar-refractivity contribution in [3.63, 3.8) is 0 Å². The Morgan fingerprint density at radius 2 is 2.00 bits per heavy atom. The Balaban J connectivity index is 2.19. The summed E-state index contributed by atoms with van der Waals surface area (Å²) in [5.41, 5.74) is 1.25. The Labute approximate surface area is 126 Å². The minimum atomic E-state index is 0.463. The maximum Gasteiger partial charge on any atom is 0.192 e. The average Bonchev–Trinajstić information content (AvgIpc) is 2.40. The molecule has 0 atom stereocenters. The van der Waals surface area contributed by atoms with Crippen LogP contribution in [0.3, 0.4) is 0 Å². The van der Waals surface area contributed by atoms with Crippen LogP contribution < -0.4 is 5.32 Å². The molecule has 0 spiro atoms. The molecule has 0 saturated heterocycles. The molecule has 1 aromatic carbocycles. The van der Waals surface area contributed by atoms with E-state index in [9.17, 15) is 0 Å². The Bertz CT molecular complexity index is 531. The summed E-state index contributed by atoms with van der Waals surface area (Å²) < 4.78 is 1.09. The van der Waals surface area contributed by atoms with Gasteiger partial charge in [0.05, 0.1) is 0 Å². The molecule has 2 rings (SSSR count). The van der Waals surface area contributed by atoms with Crippen LogP contribution in [0.2, 0.25) is 0 Å². The smallest absolute Gasteiger partial charge is 0.192 e. The van der Waals surface area contributed by atoms with E-state index in [0.29, 0.717) is 6.04 Å². The number of hydrogen-bond acceptors (Lipinski definition) is 4. The first-order valence-electron chi connectivity index (χ1n) is 6.12. The van der Waals surface area contributed by atoms with E-state index in [0.717, 1.165) is 16.2 Å². The number of rotatable bonds is 5. The van der Waals surface area contributed by atoms with Crippen molar-refractivity contribution in [1.29, 1.82) is 0 Å². The van der Waals surface area contributed by atoms with Gasteiger partial charge >= 0.3 is 0 Å². The first-order valence-corrected chi connectivity index (χ1v) is 7.73. The summed E-state index contributed by atoms with van der Waals surface area (Å²) in [6.45, 7) is 5.13. The monoisotopic (exact) mass is 337 g/mol. The van der Waals surface area contributed by atoms with Gasteiger partial charge in [0.2, 0.25) is 0 Å². The Morgan fingerprint density at radius 1 is 1.26 bits per heavy atom. The maximum atomic E-state index is 4.25. The number of nitrogens with one attached hydrogen (secondary N) is 1. The topological polar surface area (TPSA) is 37.8 Å². The number of hydrogen-bond donors (Lipinski definition) is 1. The lowest BCUT2D eigenvalue weighted by Crippen LogP contribution is -2.22. The van der Waals surface area contributed by atoms with Gasteiger partial charge in [-0.25, -0.2) is 9.97 Å². The van der Waals surface area contributed by atoms with E-state index in [1.54, 1.807) is 24.2 Å². The van der Waals surface area contributed by atoms with Crippen LogP contribution in [0.25, 0.3) is 0 Å². The largest absolute Gasteiger partial charge is 0.310 e. The standard InChI is InChI=1S/C14H16BrN3S/c1-10(2)18-9-11-8-12(15)4-5-13(11)19-14-16-6-3-7-17-14/h3-8,10,18H,9H2,1-2H3. The predicted octanol–water partition coefficient (Wildman–Crippen LogP) is 3.89. The molecule has 0 saturated carbocycles. The molecule has 0 radical (unpaired) electrons. The van der Waals surface area contributed by atoms with Gasteiger partial charge in [-0.15, -0.1) is 0 Å². The van der Waals surface area contributed by atoms with Gasteiger partial charge in [0, 0.05) is 34.3 Å². The summed E-state index contributed by atoms with van der Waals surface area (Å²) in [7, 11) is 0. The van der Waals surface area contributed by atoms with Gasteiger partial charge in [0.25, 0.3) is 0 Å². The lowest BCUT2D eigenvalue weighted by atomic mass is 10.2. The van der Waals surface area contributed by atoms with Crippen molar-refractivity contribution in [1.82, 2.24) is 15.3 Å². The fourth-order valence-corrected chi connectivity index (χ4v) is 2.77. The molecule has 0 aliphatic carbocycles. The minimum absolute atomic E-state index is 0.463. The Kier molecular flexibility index (Phi) is 5.36. The van der Waals surface area contributed by atoms with E-state index < -0.39 is 0 Å². The van der Waals surface area contributed by atoms with Crippen molar-refractivity contribution in [2.24, 2.45) is 0 Å². The number of nitrogens with zero attached hydrogens (tertiary/aromatic N) is 2. The molecule has 1 heterocycles. The molecule has 1 N–H and O–H groups in total.